The second kappa shape index (κ2) is 7.07. The Balaban J connectivity index is 1.52. The van der Waals surface area contributed by atoms with Crippen molar-refractivity contribution in [3.8, 4) is 11.5 Å². The number of rotatable bonds is 6. The van der Waals surface area contributed by atoms with Gasteiger partial charge in [0.15, 0.2) is 0 Å². The Morgan fingerprint density at radius 3 is 2.88 bits per heavy atom. The van der Waals surface area contributed by atoms with Crippen LogP contribution in [0.1, 0.15) is 18.7 Å². The molecule has 0 aliphatic carbocycles. The molecule has 0 unspecified atom stereocenters. The summed E-state index contributed by atoms with van der Waals surface area (Å²) < 4.78 is 5.13. The average Bonchev–Trinajstić information content (AvgIpc) is 3.19. The molecule has 10 nitrogen and oxygen atoms in total. The van der Waals surface area contributed by atoms with E-state index in [1.807, 2.05) is 6.07 Å². The largest absolute Gasteiger partial charge is 0.337 e. The molecule has 0 radical (unpaired) electrons. The van der Waals surface area contributed by atoms with Crippen molar-refractivity contribution in [1.82, 2.24) is 30.7 Å². The summed E-state index contributed by atoms with van der Waals surface area (Å²) >= 11 is 0. The molecule has 0 aromatic carbocycles. The number of urea groups is 1. The van der Waals surface area contributed by atoms with Gasteiger partial charge in [0, 0.05) is 19.7 Å². The first-order chi connectivity index (χ1) is 12.0. The highest BCUT2D eigenvalue weighted by molar-refractivity contribution is 6.04. The molecule has 4 amide bonds. The van der Waals surface area contributed by atoms with E-state index in [1.165, 1.54) is 4.90 Å². The molecule has 1 atom stereocenters. The third kappa shape index (κ3) is 3.97. The minimum atomic E-state index is -0.677. The lowest BCUT2D eigenvalue weighted by Gasteiger charge is -2.15. The predicted molar refractivity (Wildman–Crippen MR) is 83.7 cm³/mol. The maximum atomic E-state index is 12.1. The van der Waals surface area contributed by atoms with Crippen LogP contribution < -0.4 is 10.6 Å². The molecule has 1 saturated heterocycles. The van der Waals surface area contributed by atoms with Gasteiger partial charge in [-0.05, 0) is 18.6 Å². The SMILES string of the molecule is CN(Cc1nc(-c2ccccn2)no1)C(=O)CC[C@H]1NC(=O)NC1=O. The Morgan fingerprint density at radius 1 is 1.36 bits per heavy atom. The number of imide groups is 1. The van der Waals surface area contributed by atoms with E-state index in [0.29, 0.717) is 11.5 Å². The van der Waals surface area contributed by atoms with E-state index in [0.717, 1.165) is 0 Å². The van der Waals surface area contributed by atoms with E-state index in [4.69, 9.17) is 4.52 Å². The number of hydrogen-bond donors (Lipinski definition) is 2. The van der Waals surface area contributed by atoms with Crippen LogP contribution in [-0.4, -0.2) is 51.0 Å². The highest BCUT2D eigenvalue weighted by atomic mass is 16.5. The van der Waals surface area contributed by atoms with Gasteiger partial charge in [-0.25, -0.2) is 4.79 Å². The summed E-state index contributed by atoms with van der Waals surface area (Å²) in [5, 5.41) is 8.41. The van der Waals surface area contributed by atoms with E-state index in [9.17, 15) is 14.4 Å². The zero-order valence-electron chi connectivity index (χ0n) is 13.4. The molecule has 0 bridgehead atoms. The molecule has 2 aromatic rings. The normalized spacial score (nSPS) is 16.4. The van der Waals surface area contributed by atoms with Crippen molar-refractivity contribution in [3.63, 3.8) is 0 Å². The first-order valence-electron chi connectivity index (χ1n) is 7.62. The van der Waals surface area contributed by atoms with E-state index >= 15 is 0 Å². The summed E-state index contributed by atoms with van der Waals surface area (Å²) in [5.41, 5.74) is 0.578. The van der Waals surface area contributed by atoms with Crippen LogP contribution in [0.5, 0.6) is 0 Å². The number of pyridine rings is 1. The van der Waals surface area contributed by atoms with Gasteiger partial charge in [-0.15, -0.1) is 0 Å². The zero-order chi connectivity index (χ0) is 17.8. The molecule has 2 N–H and O–H groups in total. The second-order valence-electron chi connectivity index (χ2n) is 5.53. The van der Waals surface area contributed by atoms with Gasteiger partial charge < -0.3 is 14.7 Å². The molecule has 3 rings (SSSR count). The fourth-order valence-corrected chi connectivity index (χ4v) is 2.33. The lowest BCUT2D eigenvalue weighted by Crippen LogP contribution is -2.32. The van der Waals surface area contributed by atoms with Gasteiger partial charge in [0.2, 0.25) is 17.6 Å². The Morgan fingerprint density at radius 2 is 2.20 bits per heavy atom. The molecule has 1 aliphatic rings. The summed E-state index contributed by atoms with van der Waals surface area (Å²) in [4.78, 5) is 44.4. The zero-order valence-corrected chi connectivity index (χ0v) is 13.4. The lowest BCUT2D eigenvalue weighted by atomic mass is 10.1. The summed E-state index contributed by atoms with van der Waals surface area (Å²) in [6, 6.07) is 4.13. The molecular formula is C15H16N6O4. The van der Waals surface area contributed by atoms with Crippen molar-refractivity contribution in [2.75, 3.05) is 7.05 Å². The number of carbonyl (C=O) groups is 3. The summed E-state index contributed by atoms with van der Waals surface area (Å²) in [5.74, 6) is 0.00842. The highest BCUT2D eigenvalue weighted by Gasteiger charge is 2.30. The molecule has 130 valence electrons. The van der Waals surface area contributed by atoms with Crippen molar-refractivity contribution < 1.29 is 18.9 Å². The van der Waals surface area contributed by atoms with Gasteiger partial charge in [0.25, 0.3) is 5.91 Å². The Bertz CT molecular complexity index is 790. The number of amides is 4. The first kappa shape index (κ1) is 16.6. The summed E-state index contributed by atoms with van der Waals surface area (Å²) in [6.07, 6.45) is 1.96. The first-order valence-corrected chi connectivity index (χ1v) is 7.62. The third-order valence-corrected chi connectivity index (χ3v) is 3.67. The number of nitrogens with one attached hydrogen (secondary N) is 2. The lowest BCUT2D eigenvalue weighted by molar-refractivity contribution is -0.131. The second-order valence-corrected chi connectivity index (χ2v) is 5.53. The van der Waals surface area contributed by atoms with Crippen molar-refractivity contribution >= 4 is 17.8 Å². The van der Waals surface area contributed by atoms with E-state index in [-0.39, 0.29) is 31.2 Å². The van der Waals surface area contributed by atoms with Crippen molar-refractivity contribution in [2.45, 2.75) is 25.4 Å². The van der Waals surface area contributed by atoms with Crippen LogP contribution in [0.3, 0.4) is 0 Å². The molecule has 0 spiro atoms. The Kier molecular flexibility index (Phi) is 4.68. The van der Waals surface area contributed by atoms with Crippen molar-refractivity contribution in [3.05, 3.63) is 30.3 Å². The molecule has 25 heavy (non-hydrogen) atoms. The fourth-order valence-electron chi connectivity index (χ4n) is 2.33. The van der Waals surface area contributed by atoms with Gasteiger partial charge >= 0.3 is 6.03 Å². The highest BCUT2D eigenvalue weighted by Crippen LogP contribution is 2.13. The van der Waals surface area contributed by atoms with Crippen molar-refractivity contribution in [2.24, 2.45) is 0 Å². The average molecular weight is 344 g/mol. The molecular weight excluding hydrogens is 328 g/mol. The molecule has 1 aliphatic heterocycles. The van der Waals surface area contributed by atoms with Crippen LogP contribution in [0, 0.1) is 0 Å². The fraction of sp³-hybridized carbons (Fsp3) is 0.333. The number of hydrogen-bond acceptors (Lipinski definition) is 7. The third-order valence-electron chi connectivity index (χ3n) is 3.67. The molecule has 0 saturated carbocycles. The van der Waals surface area contributed by atoms with Crippen LogP contribution in [0.2, 0.25) is 0 Å². The Hall–Kier alpha value is -3.30. The molecule has 3 heterocycles. The van der Waals surface area contributed by atoms with Gasteiger partial charge in [-0.2, -0.15) is 4.98 Å². The van der Waals surface area contributed by atoms with Crippen LogP contribution >= 0.6 is 0 Å². The van der Waals surface area contributed by atoms with Crippen LogP contribution in [0.15, 0.2) is 28.9 Å². The maximum Gasteiger partial charge on any atom is 0.322 e. The number of nitrogens with zero attached hydrogens (tertiary/aromatic N) is 4. The maximum absolute atomic E-state index is 12.1. The molecule has 1 fully saturated rings. The molecule has 10 heteroatoms. The van der Waals surface area contributed by atoms with Crippen molar-refractivity contribution in [1.29, 1.82) is 0 Å². The molecule has 2 aromatic heterocycles. The van der Waals surface area contributed by atoms with E-state index < -0.39 is 18.0 Å². The number of aromatic nitrogens is 3. The number of carbonyl (C=O) groups excluding carboxylic acids is 3. The summed E-state index contributed by atoms with van der Waals surface area (Å²) in [7, 11) is 1.60. The predicted octanol–water partition coefficient (Wildman–Crippen LogP) is 0.0782. The van der Waals surface area contributed by atoms with E-state index in [1.54, 1.807) is 25.4 Å². The minimum absolute atomic E-state index is 0.107. The topological polar surface area (TPSA) is 130 Å². The van der Waals surface area contributed by atoms with Gasteiger partial charge in [-0.3, -0.25) is 19.9 Å². The Labute approximate surface area is 142 Å². The summed E-state index contributed by atoms with van der Waals surface area (Å²) in [6.45, 7) is 0.141. The standard InChI is InChI=1S/C15H16N6O4/c1-21(12(22)6-5-10-14(23)19-15(24)17-10)8-11-18-13(20-25-11)9-4-2-3-7-16-9/h2-4,7,10H,5-6,8H2,1H3,(H2,17,19,23,24)/t10-/m1/s1. The van der Waals surface area contributed by atoms with Gasteiger partial charge in [0.1, 0.15) is 11.7 Å². The van der Waals surface area contributed by atoms with Crippen LogP contribution in [-0.2, 0) is 16.1 Å². The monoisotopic (exact) mass is 344 g/mol. The quantitative estimate of drug-likeness (QED) is 0.709. The van der Waals surface area contributed by atoms with E-state index in [2.05, 4.69) is 25.8 Å². The van der Waals surface area contributed by atoms with Crippen LogP contribution in [0.4, 0.5) is 4.79 Å². The smallest absolute Gasteiger partial charge is 0.322 e. The van der Waals surface area contributed by atoms with Gasteiger partial charge in [-0.1, -0.05) is 11.2 Å². The van der Waals surface area contributed by atoms with Gasteiger partial charge in [0.05, 0.1) is 6.54 Å². The van der Waals surface area contributed by atoms with Crippen LogP contribution in [0.25, 0.3) is 11.5 Å². The minimum Gasteiger partial charge on any atom is -0.337 e.